The van der Waals surface area contributed by atoms with Crippen molar-refractivity contribution in [1.82, 2.24) is 14.8 Å². The lowest BCUT2D eigenvalue weighted by atomic mass is 10.1. The van der Waals surface area contributed by atoms with Gasteiger partial charge in [0, 0.05) is 24.3 Å². The molecule has 0 aliphatic carbocycles. The molecule has 0 amide bonds. The fourth-order valence-corrected chi connectivity index (χ4v) is 4.32. The Kier molecular flexibility index (Phi) is 4.20. The third-order valence-electron chi connectivity index (χ3n) is 4.09. The topological polar surface area (TPSA) is 109 Å². The maximum absolute atomic E-state index is 11.6. The summed E-state index contributed by atoms with van der Waals surface area (Å²) in [7, 11) is -2.91. The van der Waals surface area contributed by atoms with E-state index in [1.807, 2.05) is 6.92 Å². The molecule has 3 heterocycles. The number of fused-ring (bicyclic) bond motifs is 1. The summed E-state index contributed by atoms with van der Waals surface area (Å²) in [4.78, 5) is 4.37. The summed E-state index contributed by atoms with van der Waals surface area (Å²) in [6.45, 7) is 2.68. The van der Waals surface area contributed by atoms with Crippen LogP contribution in [0.4, 0.5) is 5.69 Å². The summed E-state index contributed by atoms with van der Waals surface area (Å²) in [5.74, 6) is 0.382. The first-order valence-corrected chi connectivity index (χ1v) is 9.35. The molecule has 0 radical (unpaired) electrons. The fourth-order valence-electron chi connectivity index (χ4n) is 2.83. The van der Waals surface area contributed by atoms with Crippen molar-refractivity contribution in [3.8, 4) is 0 Å². The van der Waals surface area contributed by atoms with Crippen LogP contribution in [0.5, 0.6) is 0 Å². The molecule has 8 nitrogen and oxygen atoms in total. The molecule has 0 saturated carbocycles. The minimum atomic E-state index is -2.91. The Morgan fingerprint density at radius 2 is 2.17 bits per heavy atom. The molecule has 0 atom stereocenters. The summed E-state index contributed by atoms with van der Waals surface area (Å²) in [5.41, 5.74) is 2.16. The van der Waals surface area contributed by atoms with Crippen LogP contribution in [0, 0.1) is 0 Å². The van der Waals surface area contributed by atoms with E-state index in [1.165, 1.54) is 6.21 Å². The van der Waals surface area contributed by atoms with Gasteiger partial charge in [0.2, 0.25) is 0 Å². The number of nitrogens with one attached hydrogen (secondary N) is 1. The standard InChI is InChI=1S/C14H19N5O3S/c1-2-19-14-12(9-16-19)13(10(7-15-14)8-17-20)18-11-3-5-23(21,22)6-4-11/h7-9,11,20H,2-6H2,1H3,(H,15,18). The summed E-state index contributed by atoms with van der Waals surface area (Å²) >= 11 is 0. The van der Waals surface area contributed by atoms with Gasteiger partial charge in [-0.1, -0.05) is 5.16 Å². The van der Waals surface area contributed by atoms with Gasteiger partial charge < -0.3 is 10.5 Å². The molecule has 9 heteroatoms. The molecular formula is C14H19N5O3S. The molecule has 23 heavy (non-hydrogen) atoms. The molecule has 1 saturated heterocycles. The smallest absolute Gasteiger partial charge is 0.159 e. The Morgan fingerprint density at radius 1 is 1.43 bits per heavy atom. The first kappa shape index (κ1) is 15.7. The number of hydrogen-bond donors (Lipinski definition) is 2. The third-order valence-corrected chi connectivity index (χ3v) is 5.81. The largest absolute Gasteiger partial charge is 0.411 e. The van der Waals surface area contributed by atoms with Gasteiger partial charge in [-0.15, -0.1) is 0 Å². The minimum absolute atomic E-state index is 0.0555. The summed E-state index contributed by atoms with van der Waals surface area (Å²) in [6, 6.07) is 0.0555. The summed E-state index contributed by atoms with van der Waals surface area (Å²) in [5, 5.41) is 20.5. The van der Waals surface area contributed by atoms with Crippen LogP contribution in [-0.4, -0.2) is 52.2 Å². The molecule has 2 aromatic heterocycles. The van der Waals surface area contributed by atoms with Crippen molar-refractivity contribution in [2.24, 2.45) is 5.16 Å². The lowest BCUT2D eigenvalue weighted by Gasteiger charge is -2.25. The number of anilines is 1. The van der Waals surface area contributed by atoms with E-state index in [-0.39, 0.29) is 17.5 Å². The minimum Gasteiger partial charge on any atom is -0.411 e. The van der Waals surface area contributed by atoms with Gasteiger partial charge in [0.05, 0.1) is 35.0 Å². The van der Waals surface area contributed by atoms with E-state index in [2.05, 4.69) is 20.6 Å². The summed E-state index contributed by atoms with van der Waals surface area (Å²) in [6.07, 6.45) is 5.78. The second-order valence-corrected chi connectivity index (χ2v) is 7.90. The first-order chi connectivity index (χ1) is 11.0. The average molecular weight is 337 g/mol. The Balaban J connectivity index is 1.97. The van der Waals surface area contributed by atoms with Gasteiger partial charge in [-0.2, -0.15) is 5.10 Å². The number of aryl methyl sites for hydroxylation is 1. The molecule has 0 aromatic carbocycles. The quantitative estimate of drug-likeness (QED) is 0.494. The molecule has 124 valence electrons. The van der Waals surface area contributed by atoms with Crippen LogP contribution in [-0.2, 0) is 16.4 Å². The van der Waals surface area contributed by atoms with Crippen molar-refractivity contribution in [3.05, 3.63) is 18.0 Å². The molecule has 0 unspecified atom stereocenters. The lowest BCUT2D eigenvalue weighted by Crippen LogP contribution is -2.32. The second-order valence-electron chi connectivity index (χ2n) is 5.60. The van der Waals surface area contributed by atoms with Crippen LogP contribution >= 0.6 is 0 Å². The Hall–Kier alpha value is -2.16. The zero-order valence-electron chi connectivity index (χ0n) is 12.8. The van der Waals surface area contributed by atoms with Crippen molar-refractivity contribution in [1.29, 1.82) is 0 Å². The van der Waals surface area contributed by atoms with E-state index in [0.29, 0.717) is 24.9 Å². The van der Waals surface area contributed by atoms with Gasteiger partial charge in [0.15, 0.2) is 5.65 Å². The molecular weight excluding hydrogens is 318 g/mol. The van der Waals surface area contributed by atoms with E-state index in [1.54, 1.807) is 17.1 Å². The number of rotatable bonds is 4. The Labute approximate surface area is 134 Å². The first-order valence-electron chi connectivity index (χ1n) is 7.53. The highest BCUT2D eigenvalue weighted by atomic mass is 32.2. The molecule has 1 aliphatic heterocycles. The summed E-state index contributed by atoms with van der Waals surface area (Å²) < 4.78 is 24.9. The highest BCUT2D eigenvalue weighted by molar-refractivity contribution is 7.91. The SMILES string of the molecule is CCn1ncc2c(NC3CCS(=O)(=O)CC3)c(C=NO)cnc21. The van der Waals surface area contributed by atoms with Gasteiger partial charge in [-0.25, -0.2) is 18.1 Å². The van der Waals surface area contributed by atoms with Crippen molar-refractivity contribution in [2.75, 3.05) is 16.8 Å². The molecule has 1 aliphatic rings. The van der Waals surface area contributed by atoms with Crippen LogP contribution in [0.1, 0.15) is 25.3 Å². The number of oxime groups is 1. The lowest BCUT2D eigenvalue weighted by molar-refractivity contribution is 0.322. The molecule has 0 bridgehead atoms. The third kappa shape index (κ3) is 3.14. The van der Waals surface area contributed by atoms with Crippen LogP contribution in [0.25, 0.3) is 11.0 Å². The van der Waals surface area contributed by atoms with Crippen molar-refractivity contribution in [3.63, 3.8) is 0 Å². The number of sulfone groups is 1. The monoisotopic (exact) mass is 337 g/mol. The van der Waals surface area contributed by atoms with Gasteiger partial charge in [0.1, 0.15) is 9.84 Å². The molecule has 2 aromatic rings. The van der Waals surface area contributed by atoms with Crippen molar-refractivity contribution in [2.45, 2.75) is 32.4 Å². The second kappa shape index (κ2) is 6.15. The zero-order chi connectivity index (χ0) is 16.4. The highest BCUT2D eigenvalue weighted by Gasteiger charge is 2.25. The molecule has 2 N–H and O–H groups in total. The fraction of sp³-hybridized carbons (Fsp3) is 0.500. The van der Waals surface area contributed by atoms with Gasteiger partial charge in [-0.05, 0) is 19.8 Å². The Bertz CT molecular complexity index is 829. The van der Waals surface area contributed by atoms with Crippen LogP contribution in [0.2, 0.25) is 0 Å². The van der Waals surface area contributed by atoms with Crippen molar-refractivity contribution < 1.29 is 13.6 Å². The highest BCUT2D eigenvalue weighted by Crippen LogP contribution is 2.27. The van der Waals surface area contributed by atoms with E-state index < -0.39 is 9.84 Å². The predicted molar refractivity (Wildman–Crippen MR) is 87.9 cm³/mol. The van der Waals surface area contributed by atoms with Crippen molar-refractivity contribution >= 4 is 32.8 Å². The average Bonchev–Trinajstić information content (AvgIpc) is 2.95. The van der Waals surface area contributed by atoms with E-state index in [4.69, 9.17) is 5.21 Å². The maximum atomic E-state index is 11.6. The normalized spacial score (nSPS) is 18.7. The van der Waals surface area contributed by atoms with Crippen LogP contribution in [0.3, 0.4) is 0 Å². The predicted octanol–water partition coefficient (Wildman–Crippen LogP) is 1.25. The molecule has 3 rings (SSSR count). The van der Waals surface area contributed by atoms with Gasteiger partial charge in [-0.3, -0.25) is 0 Å². The van der Waals surface area contributed by atoms with E-state index >= 15 is 0 Å². The number of aromatic nitrogens is 3. The maximum Gasteiger partial charge on any atom is 0.159 e. The zero-order valence-corrected chi connectivity index (χ0v) is 13.6. The van der Waals surface area contributed by atoms with E-state index in [9.17, 15) is 8.42 Å². The molecule has 0 spiro atoms. The number of nitrogens with zero attached hydrogens (tertiary/aromatic N) is 4. The van der Waals surface area contributed by atoms with Gasteiger partial charge >= 0.3 is 0 Å². The number of hydrogen-bond acceptors (Lipinski definition) is 7. The van der Waals surface area contributed by atoms with E-state index in [0.717, 1.165) is 16.7 Å². The van der Waals surface area contributed by atoms with Gasteiger partial charge in [0.25, 0.3) is 0 Å². The molecule has 1 fully saturated rings. The van der Waals surface area contributed by atoms with Crippen LogP contribution in [0.15, 0.2) is 17.5 Å². The van der Waals surface area contributed by atoms with Crippen LogP contribution < -0.4 is 5.32 Å². The Morgan fingerprint density at radius 3 is 2.83 bits per heavy atom. The number of pyridine rings is 1.